The molecule has 1 aromatic heterocycles. The first-order valence-corrected chi connectivity index (χ1v) is 10.7. The van der Waals surface area contributed by atoms with Crippen LogP contribution in [0.3, 0.4) is 0 Å². The number of phenols is 1. The molecule has 5 heteroatoms. The van der Waals surface area contributed by atoms with E-state index in [1.54, 1.807) is 30.1 Å². The zero-order chi connectivity index (χ0) is 22.9. The van der Waals surface area contributed by atoms with Gasteiger partial charge in [-0.3, -0.25) is 0 Å². The van der Waals surface area contributed by atoms with E-state index < -0.39 is 6.09 Å². The highest BCUT2D eigenvalue weighted by Gasteiger charge is 2.27. The monoisotopic (exact) mass is 420 g/mol. The van der Waals surface area contributed by atoms with E-state index in [0.29, 0.717) is 18.1 Å². The quantitative estimate of drug-likeness (QED) is 0.535. The number of aromatic hydroxyl groups is 1. The Labute approximate surface area is 184 Å². The van der Waals surface area contributed by atoms with Gasteiger partial charge in [0, 0.05) is 23.5 Å². The summed E-state index contributed by atoms with van der Waals surface area (Å²) in [6, 6.07) is 13.2. The van der Waals surface area contributed by atoms with Crippen LogP contribution >= 0.6 is 0 Å². The van der Waals surface area contributed by atoms with E-state index in [2.05, 4.69) is 13.8 Å². The topological polar surface area (TPSA) is 62.7 Å². The summed E-state index contributed by atoms with van der Waals surface area (Å²) < 4.78 is 6.04. The number of benzene rings is 2. The van der Waals surface area contributed by atoms with Crippen molar-refractivity contribution in [3.63, 3.8) is 0 Å². The van der Waals surface area contributed by atoms with Gasteiger partial charge >= 0.3 is 6.09 Å². The largest absolute Gasteiger partial charge is 0.508 e. The van der Waals surface area contributed by atoms with Crippen LogP contribution < -0.4 is 4.74 Å². The third kappa shape index (κ3) is 4.98. The molecule has 1 amide bonds. The van der Waals surface area contributed by atoms with Crippen LogP contribution in [0, 0.1) is 12.8 Å². The molecule has 0 aliphatic carbocycles. The molecule has 0 aliphatic rings. The first-order chi connectivity index (χ1) is 14.5. The van der Waals surface area contributed by atoms with Gasteiger partial charge in [-0.2, -0.15) is 0 Å². The average Bonchev–Trinajstić information content (AvgIpc) is 2.68. The molecule has 0 saturated carbocycles. The van der Waals surface area contributed by atoms with Crippen LogP contribution in [-0.4, -0.2) is 33.7 Å². The van der Waals surface area contributed by atoms with Crippen LogP contribution in [0.4, 0.5) is 4.79 Å². The van der Waals surface area contributed by atoms with Crippen molar-refractivity contribution in [2.24, 2.45) is 5.92 Å². The number of fused-ring (bicyclic) bond motifs is 1. The number of aromatic nitrogens is 1. The maximum absolute atomic E-state index is 13.1. The van der Waals surface area contributed by atoms with Gasteiger partial charge in [0.2, 0.25) is 0 Å². The van der Waals surface area contributed by atoms with Crippen molar-refractivity contribution >= 4 is 17.0 Å². The molecule has 0 aliphatic heterocycles. The summed E-state index contributed by atoms with van der Waals surface area (Å²) in [7, 11) is 1.73. The Hall–Kier alpha value is -3.08. The Morgan fingerprint density at radius 2 is 1.77 bits per heavy atom. The van der Waals surface area contributed by atoms with Crippen molar-refractivity contribution in [1.29, 1.82) is 0 Å². The minimum Gasteiger partial charge on any atom is -0.508 e. The van der Waals surface area contributed by atoms with Crippen LogP contribution in [0.2, 0.25) is 0 Å². The molecule has 0 saturated heterocycles. The van der Waals surface area contributed by atoms with E-state index >= 15 is 0 Å². The highest BCUT2D eigenvalue weighted by Crippen LogP contribution is 2.41. The standard InChI is InChI=1S/C26H32N2O3/c1-16(2)14-22-24(31-25(30)28(7)26(4,5)6)23(18-10-8-17(3)9-11-18)20-15-19(29)12-13-21(20)27-22/h8-13,15-16,29H,14H2,1-7H3. The Balaban J connectivity index is 2.31. The summed E-state index contributed by atoms with van der Waals surface area (Å²) >= 11 is 0. The molecule has 2 aromatic carbocycles. The van der Waals surface area contributed by atoms with Gasteiger partial charge in [0.15, 0.2) is 5.75 Å². The molecule has 1 heterocycles. The lowest BCUT2D eigenvalue weighted by molar-refractivity contribution is 0.124. The molecule has 0 radical (unpaired) electrons. The average molecular weight is 421 g/mol. The van der Waals surface area contributed by atoms with Crippen LogP contribution in [0.15, 0.2) is 42.5 Å². The Kier molecular flexibility index (Phi) is 6.25. The van der Waals surface area contributed by atoms with Crippen LogP contribution in [-0.2, 0) is 6.42 Å². The first-order valence-electron chi connectivity index (χ1n) is 10.7. The second-order valence-electron chi connectivity index (χ2n) is 9.53. The Morgan fingerprint density at radius 3 is 2.35 bits per heavy atom. The number of carbonyl (C=O) groups excluding carboxylic acids is 1. The SMILES string of the molecule is Cc1ccc(-c2c(OC(=O)N(C)C(C)(C)C)c(CC(C)C)nc3ccc(O)cc23)cc1. The lowest BCUT2D eigenvalue weighted by atomic mass is 9.95. The number of ether oxygens (including phenoxy) is 1. The summed E-state index contributed by atoms with van der Waals surface area (Å²) in [6.45, 7) is 12.1. The fraction of sp³-hybridized carbons (Fsp3) is 0.385. The van der Waals surface area contributed by atoms with Crippen molar-refractivity contribution < 1.29 is 14.6 Å². The lowest BCUT2D eigenvalue weighted by Crippen LogP contribution is -2.44. The fourth-order valence-electron chi connectivity index (χ4n) is 3.36. The molecule has 0 bridgehead atoms. The van der Waals surface area contributed by atoms with Gasteiger partial charge in [-0.15, -0.1) is 0 Å². The van der Waals surface area contributed by atoms with E-state index in [4.69, 9.17) is 9.72 Å². The van der Waals surface area contributed by atoms with E-state index in [1.165, 1.54) is 0 Å². The number of amides is 1. The summed E-state index contributed by atoms with van der Waals surface area (Å²) in [5, 5.41) is 10.9. The number of aryl methyl sites for hydroxylation is 1. The van der Waals surface area contributed by atoms with E-state index in [-0.39, 0.29) is 11.3 Å². The van der Waals surface area contributed by atoms with Gasteiger partial charge in [-0.25, -0.2) is 9.78 Å². The van der Waals surface area contributed by atoms with E-state index in [9.17, 15) is 9.90 Å². The zero-order valence-corrected chi connectivity index (χ0v) is 19.5. The van der Waals surface area contributed by atoms with Gasteiger partial charge in [0.05, 0.1) is 11.2 Å². The molecule has 0 spiro atoms. The van der Waals surface area contributed by atoms with Crippen molar-refractivity contribution in [2.45, 2.75) is 53.5 Å². The molecule has 31 heavy (non-hydrogen) atoms. The van der Waals surface area contributed by atoms with E-state index in [1.807, 2.05) is 52.0 Å². The number of hydrogen-bond donors (Lipinski definition) is 1. The first kappa shape index (κ1) is 22.6. The highest BCUT2D eigenvalue weighted by atomic mass is 16.6. The Bertz CT molecular complexity index is 1100. The summed E-state index contributed by atoms with van der Waals surface area (Å²) in [6.07, 6.45) is 0.226. The smallest absolute Gasteiger partial charge is 0.415 e. The van der Waals surface area contributed by atoms with Crippen molar-refractivity contribution in [3.05, 3.63) is 53.7 Å². The molecule has 1 N–H and O–H groups in total. The molecule has 0 fully saturated rings. The molecule has 164 valence electrons. The third-order valence-electron chi connectivity index (χ3n) is 5.41. The third-order valence-corrected chi connectivity index (χ3v) is 5.41. The van der Waals surface area contributed by atoms with Crippen LogP contribution in [0.25, 0.3) is 22.0 Å². The second-order valence-corrected chi connectivity index (χ2v) is 9.53. The minimum atomic E-state index is -0.438. The summed E-state index contributed by atoms with van der Waals surface area (Å²) in [5.41, 5.74) is 3.93. The maximum atomic E-state index is 13.1. The van der Waals surface area contributed by atoms with Crippen molar-refractivity contribution in [3.8, 4) is 22.6 Å². The van der Waals surface area contributed by atoms with Gasteiger partial charge in [-0.1, -0.05) is 43.7 Å². The van der Waals surface area contributed by atoms with Crippen molar-refractivity contribution in [2.75, 3.05) is 7.05 Å². The number of rotatable bonds is 4. The number of hydrogen-bond acceptors (Lipinski definition) is 4. The number of carbonyl (C=O) groups is 1. The summed E-state index contributed by atoms with van der Waals surface area (Å²) in [4.78, 5) is 19.5. The van der Waals surface area contributed by atoms with Gasteiger partial charge < -0.3 is 14.7 Å². The molecule has 5 nitrogen and oxygen atoms in total. The number of pyridine rings is 1. The number of nitrogens with zero attached hydrogens (tertiary/aromatic N) is 2. The number of phenolic OH excluding ortho intramolecular Hbond substituents is 1. The maximum Gasteiger partial charge on any atom is 0.415 e. The second kappa shape index (κ2) is 8.58. The molecule has 0 unspecified atom stereocenters. The van der Waals surface area contributed by atoms with Gasteiger partial charge in [-0.05, 0) is 63.8 Å². The summed E-state index contributed by atoms with van der Waals surface area (Å²) in [5.74, 6) is 0.922. The minimum absolute atomic E-state index is 0.142. The predicted molar refractivity (Wildman–Crippen MR) is 126 cm³/mol. The van der Waals surface area contributed by atoms with Gasteiger partial charge in [0.25, 0.3) is 0 Å². The molecule has 3 rings (SSSR count). The fourth-order valence-corrected chi connectivity index (χ4v) is 3.36. The Morgan fingerprint density at radius 1 is 1.13 bits per heavy atom. The van der Waals surface area contributed by atoms with Crippen molar-refractivity contribution in [1.82, 2.24) is 9.88 Å². The van der Waals surface area contributed by atoms with E-state index in [0.717, 1.165) is 33.3 Å². The molecule has 0 atom stereocenters. The van der Waals surface area contributed by atoms with Gasteiger partial charge in [0.1, 0.15) is 5.75 Å². The normalized spacial score (nSPS) is 11.7. The lowest BCUT2D eigenvalue weighted by Gasteiger charge is -2.31. The van der Waals surface area contributed by atoms with Crippen LogP contribution in [0.5, 0.6) is 11.5 Å². The zero-order valence-electron chi connectivity index (χ0n) is 19.5. The molecular formula is C26H32N2O3. The molecule has 3 aromatic rings. The predicted octanol–water partition coefficient (Wildman–Crippen LogP) is 6.34. The van der Waals surface area contributed by atoms with Crippen LogP contribution in [0.1, 0.15) is 45.9 Å². The highest BCUT2D eigenvalue weighted by molar-refractivity contribution is 5.99. The molecular weight excluding hydrogens is 388 g/mol.